The van der Waals surface area contributed by atoms with E-state index in [1.165, 1.54) is 7.11 Å². The minimum Gasteiger partial charge on any atom is -0.497 e. The van der Waals surface area contributed by atoms with Gasteiger partial charge in [0.05, 0.1) is 46.5 Å². The van der Waals surface area contributed by atoms with Gasteiger partial charge < -0.3 is 34.0 Å². The molecule has 3 aromatic rings. The molecule has 0 spiro atoms. The van der Waals surface area contributed by atoms with Crippen molar-refractivity contribution in [2.24, 2.45) is 5.73 Å². The van der Waals surface area contributed by atoms with Crippen molar-refractivity contribution in [1.82, 2.24) is 4.57 Å². The fourth-order valence-corrected chi connectivity index (χ4v) is 4.42. The average molecular weight is 490 g/mol. The highest BCUT2D eigenvalue weighted by Crippen LogP contribution is 2.44. The molecule has 0 saturated heterocycles. The third kappa shape index (κ3) is 4.18. The van der Waals surface area contributed by atoms with Crippen molar-refractivity contribution in [3.05, 3.63) is 86.7 Å². The Bertz CT molecular complexity index is 1450. The van der Waals surface area contributed by atoms with Gasteiger partial charge in [-0.25, -0.2) is 0 Å². The number of aromatic nitrogens is 1. The number of methoxy groups -OCH3 is 4. The number of rotatable bonds is 7. The predicted octanol–water partition coefficient (Wildman–Crippen LogP) is 3.46. The molecule has 36 heavy (non-hydrogen) atoms. The summed E-state index contributed by atoms with van der Waals surface area (Å²) >= 11 is 0. The van der Waals surface area contributed by atoms with Crippen LogP contribution in [0.15, 0.2) is 58.7 Å². The lowest BCUT2D eigenvalue weighted by Crippen LogP contribution is -2.33. The molecule has 2 heterocycles. The van der Waals surface area contributed by atoms with Crippen LogP contribution in [0.5, 0.6) is 28.7 Å². The van der Waals surface area contributed by atoms with Crippen LogP contribution in [0.3, 0.4) is 0 Å². The highest BCUT2D eigenvalue weighted by Gasteiger charge is 2.36. The second-order valence-corrected chi connectivity index (χ2v) is 8.18. The molecule has 0 radical (unpaired) electrons. The minimum absolute atomic E-state index is 0.0590. The van der Waals surface area contributed by atoms with Gasteiger partial charge >= 0.3 is 0 Å². The molecule has 0 aliphatic carbocycles. The number of ether oxygens (including phenoxy) is 5. The predicted molar refractivity (Wildman–Crippen MR) is 133 cm³/mol. The molecule has 0 saturated carbocycles. The molecule has 2 aromatic carbocycles. The van der Waals surface area contributed by atoms with Crippen LogP contribution in [-0.2, 0) is 6.54 Å². The Morgan fingerprint density at radius 2 is 1.67 bits per heavy atom. The standard InChI is InChI=1S/C27H27N3O6/c1-15-10-23-25(27(31)30(15)14-16-6-8-21(34-4)22(11-16)35-5)24(19(13-28)26(29)36-23)18-12-17(32-2)7-9-20(18)33-3/h6-12,24H,14,29H2,1-5H3/t24-/m1/s1. The zero-order chi connectivity index (χ0) is 26.0. The summed E-state index contributed by atoms with van der Waals surface area (Å²) in [4.78, 5) is 14.0. The molecular weight excluding hydrogens is 462 g/mol. The van der Waals surface area contributed by atoms with Gasteiger partial charge in [0.2, 0.25) is 5.88 Å². The highest BCUT2D eigenvalue weighted by molar-refractivity contribution is 5.59. The monoisotopic (exact) mass is 489 g/mol. The van der Waals surface area contributed by atoms with E-state index in [2.05, 4.69) is 6.07 Å². The SMILES string of the molecule is COc1ccc(OC)c([C@@H]2C(C#N)=C(N)Oc3cc(C)n(Cc4ccc(OC)c(OC)c4)c(=O)c32)c1. The number of hydrogen-bond acceptors (Lipinski definition) is 8. The van der Waals surface area contributed by atoms with Crippen molar-refractivity contribution in [1.29, 1.82) is 5.26 Å². The molecule has 1 aromatic heterocycles. The van der Waals surface area contributed by atoms with Crippen molar-refractivity contribution in [3.63, 3.8) is 0 Å². The van der Waals surface area contributed by atoms with Gasteiger partial charge in [0.15, 0.2) is 11.5 Å². The second kappa shape index (κ2) is 9.96. The number of nitrogens with zero attached hydrogens (tertiary/aromatic N) is 2. The van der Waals surface area contributed by atoms with Crippen LogP contribution in [0.2, 0.25) is 0 Å². The molecule has 0 amide bonds. The van der Waals surface area contributed by atoms with Gasteiger partial charge in [0.25, 0.3) is 5.56 Å². The molecule has 1 aliphatic heterocycles. The number of fused-ring (bicyclic) bond motifs is 1. The third-order valence-electron chi connectivity index (χ3n) is 6.23. The summed E-state index contributed by atoms with van der Waals surface area (Å²) in [5.41, 5.74) is 8.31. The van der Waals surface area contributed by atoms with Crippen LogP contribution in [0.25, 0.3) is 0 Å². The average Bonchev–Trinajstić information content (AvgIpc) is 2.89. The first kappa shape index (κ1) is 24.5. The fourth-order valence-electron chi connectivity index (χ4n) is 4.42. The Balaban J connectivity index is 1.93. The summed E-state index contributed by atoms with van der Waals surface area (Å²) in [6.45, 7) is 2.08. The molecule has 1 aliphatic rings. The molecular formula is C27H27N3O6. The molecule has 9 heteroatoms. The first-order chi connectivity index (χ1) is 17.4. The number of aryl methyl sites for hydroxylation is 1. The molecule has 4 rings (SSSR count). The number of nitrogens with two attached hydrogens (primary N) is 1. The maximum atomic E-state index is 14.0. The molecule has 186 valence electrons. The number of pyridine rings is 1. The van der Waals surface area contributed by atoms with Crippen LogP contribution in [0.4, 0.5) is 0 Å². The van der Waals surface area contributed by atoms with E-state index >= 15 is 0 Å². The normalized spacial score (nSPS) is 14.4. The Hall–Kier alpha value is -4.58. The van der Waals surface area contributed by atoms with Gasteiger partial charge in [-0.15, -0.1) is 0 Å². The van der Waals surface area contributed by atoms with E-state index in [0.717, 1.165) is 5.56 Å². The topological polar surface area (TPSA) is 118 Å². The fraction of sp³-hybridized carbons (Fsp3) is 0.259. The van der Waals surface area contributed by atoms with E-state index < -0.39 is 5.92 Å². The number of nitriles is 1. The summed E-state index contributed by atoms with van der Waals surface area (Å²) in [5.74, 6) is 1.61. The first-order valence-corrected chi connectivity index (χ1v) is 11.1. The zero-order valence-electron chi connectivity index (χ0n) is 20.7. The van der Waals surface area contributed by atoms with Gasteiger partial charge in [0.1, 0.15) is 28.9 Å². The summed E-state index contributed by atoms with van der Waals surface area (Å²) in [6.07, 6.45) is 0. The lowest BCUT2D eigenvalue weighted by Gasteiger charge is -2.28. The molecule has 9 nitrogen and oxygen atoms in total. The first-order valence-electron chi connectivity index (χ1n) is 11.1. The van der Waals surface area contributed by atoms with Crippen LogP contribution in [0, 0.1) is 18.3 Å². The van der Waals surface area contributed by atoms with Crippen LogP contribution < -0.4 is 35.0 Å². The maximum Gasteiger partial charge on any atom is 0.259 e. The van der Waals surface area contributed by atoms with Gasteiger partial charge in [-0.3, -0.25) is 4.79 Å². The van der Waals surface area contributed by atoms with Gasteiger partial charge in [-0.1, -0.05) is 6.07 Å². The Morgan fingerprint density at radius 1 is 0.972 bits per heavy atom. The van der Waals surface area contributed by atoms with Crippen LogP contribution in [-0.4, -0.2) is 33.0 Å². The maximum absolute atomic E-state index is 14.0. The summed E-state index contributed by atoms with van der Waals surface area (Å²) in [7, 11) is 6.18. The third-order valence-corrected chi connectivity index (χ3v) is 6.23. The van der Waals surface area contributed by atoms with Gasteiger partial charge in [-0.05, 0) is 42.8 Å². The van der Waals surface area contributed by atoms with E-state index in [0.29, 0.717) is 45.6 Å². The van der Waals surface area contributed by atoms with E-state index in [1.807, 2.05) is 19.1 Å². The smallest absolute Gasteiger partial charge is 0.259 e. The Morgan fingerprint density at radius 3 is 2.31 bits per heavy atom. The van der Waals surface area contributed by atoms with Crippen molar-refractivity contribution in [3.8, 4) is 34.8 Å². The molecule has 0 bridgehead atoms. The van der Waals surface area contributed by atoms with E-state index in [9.17, 15) is 10.1 Å². The summed E-state index contributed by atoms with van der Waals surface area (Å²) < 4.78 is 29.1. The van der Waals surface area contributed by atoms with Crippen molar-refractivity contribution in [2.45, 2.75) is 19.4 Å². The number of hydrogen-bond donors (Lipinski definition) is 1. The lowest BCUT2D eigenvalue weighted by molar-refractivity contribution is 0.354. The molecule has 1 atom stereocenters. The molecule has 0 fully saturated rings. The number of allylic oxidation sites excluding steroid dienone is 1. The van der Waals surface area contributed by atoms with Crippen molar-refractivity contribution >= 4 is 0 Å². The Kier molecular flexibility index (Phi) is 6.79. The molecule has 0 unspecified atom stereocenters. The molecule has 2 N–H and O–H groups in total. The van der Waals surface area contributed by atoms with Crippen molar-refractivity contribution in [2.75, 3.05) is 28.4 Å². The van der Waals surface area contributed by atoms with Crippen LogP contribution in [0.1, 0.15) is 28.3 Å². The minimum atomic E-state index is -0.812. The van der Waals surface area contributed by atoms with E-state index in [-0.39, 0.29) is 23.6 Å². The van der Waals surface area contributed by atoms with E-state index in [1.54, 1.807) is 56.2 Å². The highest BCUT2D eigenvalue weighted by atomic mass is 16.5. The quantitative estimate of drug-likeness (QED) is 0.536. The lowest BCUT2D eigenvalue weighted by atomic mass is 9.83. The largest absolute Gasteiger partial charge is 0.497 e. The zero-order valence-corrected chi connectivity index (χ0v) is 20.7. The summed E-state index contributed by atoms with van der Waals surface area (Å²) in [6, 6.07) is 14.6. The summed E-state index contributed by atoms with van der Waals surface area (Å²) in [5, 5.41) is 9.99. The van der Waals surface area contributed by atoms with E-state index in [4.69, 9.17) is 29.4 Å². The second-order valence-electron chi connectivity index (χ2n) is 8.18. The van der Waals surface area contributed by atoms with Gasteiger partial charge in [0, 0.05) is 17.3 Å². The van der Waals surface area contributed by atoms with Gasteiger partial charge in [-0.2, -0.15) is 5.26 Å². The van der Waals surface area contributed by atoms with Crippen molar-refractivity contribution < 1.29 is 23.7 Å². The Labute approximate surface area is 208 Å². The van der Waals surface area contributed by atoms with Crippen LogP contribution >= 0.6 is 0 Å². The number of benzene rings is 2.